The Kier molecular flexibility index (Phi) is 4.15. The molecule has 0 spiro atoms. The van der Waals surface area contributed by atoms with Crippen molar-refractivity contribution in [1.82, 2.24) is 4.98 Å². The highest BCUT2D eigenvalue weighted by Gasteiger charge is 2.02. The zero-order valence-electron chi connectivity index (χ0n) is 9.79. The Morgan fingerprint density at radius 3 is 2.84 bits per heavy atom. The zero-order chi connectivity index (χ0) is 13.7. The molecule has 0 fully saturated rings. The number of ether oxygens (including phenoxy) is 1. The lowest BCUT2D eigenvalue weighted by atomic mass is 10.2. The predicted molar refractivity (Wildman–Crippen MR) is 72.4 cm³/mol. The normalized spacial score (nSPS) is 10.6. The van der Waals surface area contributed by atoms with Gasteiger partial charge in [-0.3, -0.25) is 4.98 Å². The van der Waals surface area contributed by atoms with Gasteiger partial charge < -0.3 is 9.84 Å². The highest BCUT2D eigenvalue weighted by atomic mass is 35.5. The summed E-state index contributed by atoms with van der Waals surface area (Å²) in [7, 11) is 0. The molecule has 96 valence electrons. The summed E-state index contributed by atoms with van der Waals surface area (Å²) in [4.78, 5) is 14.4. The number of nitrogens with zero attached hydrogens (tertiary/aromatic N) is 1. The van der Waals surface area contributed by atoms with Crippen molar-refractivity contribution < 1.29 is 14.6 Å². The standard InChI is InChI=1S/C14H10ClNO3/c15-12-3-1-2-4-13(12)19-11-7-10(8-16-9-11)5-6-14(17)18/h1-9H,(H,17,18)/b6-5+. The van der Waals surface area contributed by atoms with E-state index < -0.39 is 5.97 Å². The molecular weight excluding hydrogens is 266 g/mol. The molecule has 0 atom stereocenters. The first-order valence-corrected chi connectivity index (χ1v) is 5.81. The van der Waals surface area contributed by atoms with Gasteiger partial charge in [-0.05, 0) is 29.8 Å². The van der Waals surface area contributed by atoms with Gasteiger partial charge >= 0.3 is 5.97 Å². The topological polar surface area (TPSA) is 59.4 Å². The third kappa shape index (κ3) is 3.82. The van der Waals surface area contributed by atoms with Crippen LogP contribution in [0.1, 0.15) is 5.56 Å². The third-order valence-corrected chi connectivity index (χ3v) is 2.53. The van der Waals surface area contributed by atoms with Crippen LogP contribution in [0.2, 0.25) is 5.02 Å². The van der Waals surface area contributed by atoms with Crippen molar-refractivity contribution in [2.45, 2.75) is 0 Å². The van der Waals surface area contributed by atoms with Gasteiger partial charge in [0.15, 0.2) is 0 Å². The van der Waals surface area contributed by atoms with Crippen LogP contribution in [0, 0.1) is 0 Å². The highest BCUT2D eigenvalue weighted by molar-refractivity contribution is 6.32. The summed E-state index contributed by atoms with van der Waals surface area (Å²) in [5, 5.41) is 9.05. The van der Waals surface area contributed by atoms with E-state index in [0.717, 1.165) is 6.08 Å². The number of hydrogen-bond acceptors (Lipinski definition) is 3. The van der Waals surface area contributed by atoms with Crippen LogP contribution < -0.4 is 4.74 Å². The molecule has 5 heteroatoms. The molecule has 1 aromatic carbocycles. The number of pyridine rings is 1. The van der Waals surface area contributed by atoms with E-state index in [1.54, 1.807) is 30.5 Å². The Labute approximate surface area is 114 Å². The lowest BCUT2D eigenvalue weighted by molar-refractivity contribution is -0.131. The van der Waals surface area contributed by atoms with Crippen molar-refractivity contribution in [3.63, 3.8) is 0 Å². The van der Waals surface area contributed by atoms with Gasteiger partial charge in [0.1, 0.15) is 11.5 Å². The minimum Gasteiger partial charge on any atom is -0.478 e. The maximum atomic E-state index is 10.4. The van der Waals surface area contributed by atoms with Crippen molar-refractivity contribution in [3.05, 3.63) is 59.4 Å². The molecule has 1 N–H and O–H groups in total. The molecule has 0 unspecified atom stereocenters. The summed E-state index contributed by atoms with van der Waals surface area (Å²) in [6.45, 7) is 0. The Bertz CT molecular complexity index is 626. The second kappa shape index (κ2) is 6.02. The summed E-state index contributed by atoms with van der Waals surface area (Å²) in [5.41, 5.74) is 0.631. The average molecular weight is 276 g/mol. The second-order valence-corrected chi connectivity index (χ2v) is 4.07. The number of aromatic nitrogens is 1. The van der Waals surface area contributed by atoms with E-state index in [2.05, 4.69) is 4.98 Å². The summed E-state index contributed by atoms with van der Waals surface area (Å²) >= 11 is 5.98. The lowest BCUT2D eigenvalue weighted by Gasteiger charge is -2.07. The van der Waals surface area contributed by atoms with E-state index in [0.29, 0.717) is 22.1 Å². The molecule has 0 bridgehead atoms. The van der Waals surface area contributed by atoms with Crippen LogP contribution in [-0.4, -0.2) is 16.1 Å². The van der Waals surface area contributed by atoms with Crippen molar-refractivity contribution in [2.75, 3.05) is 0 Å². The van der Waals surface area contributed by atoms with Crippen LogP contribution in [0.15, 0.2) is 48.8 Å². The molecule has 0 saturated carbocycles. The molecule has 2 rings (SSSR count). The van der Waals surface area contributed by atoms with Gasteiger partial charge in [0.05, 0.1) is 11.2 Å². The van der Waals surface area contributed by atoms with E-state index >= 15 is 0 Å². The molecule has 0 saturated heterocycles. The van der Waals surface area contributed by atoms with E-state index in [9.17, 15) is 4.79 Å². The molecule has 0 amide bonds. The van der Waals surface area contributed by atoms with E-state index in [-0.39, 0.29) is 0 Å². The van der Waals surface area contributed by atoms with E-state index in [1.807, 2.05) is 6.07 Å². The Hall–Kier alpha value is -2.33. The fourth-order valence-electron chi connectivity index (χ4n) is 1.40. The number of carboxylic acids is 1. The molecule has 0 radical (unpaired) electrons. The number of carboxylic acid groups (broad SMARTS) is 1. The summed E-state index contributed by atoms with van der Waals surface area (Å²) in [6.07, 6.45) is 5.55. The molecule has 0 aliphatic heterocycles. The number of hydrogen-bond donors (Lipinski definition) is 1. The second-order valence-electron chi connectivity index (χ2n) is 3.66. The summed E-state index contributed by atoms with van der Waals surface area (Å²) < 4.78 is 5.58. The molecular formula is C14H10ClNO3. The number of rotatable bonds is 4. The molecule has 0 aliphatic rings. The van der Waals surface area contributed by atoms with Gasteiger partial charge in [0, 0.05) is 12.3 Å². The van der Waals surface area contributed by atoms with Crippen LogP contribution in [0.3, 0.4) is 0 Å². The quantitative estimate of drug-likeness (QED) is 0.866. The SMILES string of the molecule is O=C(O)/C=C/c1cncc(Oc2ccccc2Cl)c1. The van der Waals surface area contributed by atoms with Gasteiger partial charge in [0.25, 0.3) is 0 Å². The lowest BCUT2D eigenvalue weighted by Crippen LogP contribution is -1.89. The molecule has 1 aromatic heterocycles. The van der Waals surface area contributed by atoms with Gasteiger partial charge in [-0.2, -0.15) is 0 Å². The van der Waals surface area contributed by atoms with Crippen LogP contribution in [0.5, 0.6) is 11.5 Å². The van der Waals surface area contributed by atoms with Crippen LogP contribution in [-0.2, 0) is 4.79 Å². The Balaban J connectivity index is 2.20. The largest absolute Gasteiger partial charge is 0.478 e. The fourth-order valence-corrected chi connectivity index (χ4v) is 1.58. The number of halogens is 1. The number of benzene rings is 1. The van der Waals surface area contributed by atoms with Gasteiger partial charge in [-0.15, -0.1) is 0 Å². The van der Waals surface area contributed by atoms with Crippen molar-refractivity contribution >= 4 is 23.6 Å². The van der Waals surface area contributed by atoms with Crippen LogP contribution >= 0.6 is 11.6 Å². The molecule has 1 heterocycles. The molecule has 2 aromatic rings. The third-order valence-electron chi connectivity index (χ3n) is 2.22. The zero-order valence-corrected chi connectivity index (χ0v) is 10.5. The first-order chi connectivity index (χ1) is 9.15. The number of carbonyl (C=O) groups is 1. The van der Waals surface area contributed by atoms with Gasteiger partial charge in [0.2, 0.25) is 0 Å². The summed E-state index contributed by atoms with van der Waals surface area (Å²) in [5.74, 6) is -0.0107. The Morgan fingerprint density at radius 1 is 1.32 bits per heavy atom. The Morgan fingerprint density at radius 2 is 2.11 bits per heavy atom. The smallest absolute Gasteiger partial charge is 0.328 e. The molecule has 0 aliphatic carbocycles. The first kappa shape index (κ1) is 13.1. The average Bonchev–Trinajstić information content (AvgIpc) is 2.40. The van der Waals surface area contributed by atoms with Crippen molar-refractivity contribution in [3.8, 4) is 11.5 Å². The maximum Gasteiger partial charge on any atom is 0.328 e. The van der Waals surface area contributed by atoms with Crippen LogP contribution in [0.25, 0.3) is 6.08 Å². The van der Waals surface area contributed by atoms with E-state index in [4.69, 9.17) is 21.4 Å². The van der Waals surface area contributed by atoms with Gasteiger partial charge in [-0.25, -0.2) is 4.79 Å². The first-order valence-electron chi connectivity index (χ1n) is 5.43. The number of aliphatic carboxylic acids is 1. The van der Waals surface area contributed by atoms with Crippen molar-refractivity contribution in [2.24, 2.45) is 0 Å². The van der Waals surface area contributed by atoms with Gasteiger partial charge in [-0.1, -0.05) is 23.7 Å². The monoisotopic (exact) mass is 275 g/mol. The molecule has 19 heavy (non-hydrogen) atoms. The number of para-hydroxylation sites is 1. The minimum absolute atomic E-state index is 0.487. The molecule has 4 nitrogen and oxygen atoms in total. The summed E-state index contributed by atoms with van der Waals surface area (Å²) in [6, 6.07) is 8.75. The predicted octanol–water partition coefficient (Wildman–Crippen LogP) is 3.63. The van der Waals surface area contributed by atoms with E-state index in [1.165, 1.54) is 12.3 Å². The van der Waals surface area contributed by atoms with Crippen molar-refractivity contribution in [1.29, 1.82) is 0 Å². The minimum atomic E-state index is -1.02. The highest BCUT2D eigenvalue weighted by Crippen LogP contribution is 2.28. The fraction of sp³-hybridized carbons (Fsp3) is 0. The van der Waals surface area contributed by atoms with Crippen LogP contribution in [0.4, 0.5) is 0 Å². The maximum absolute atomic E-state index is 10.4.